The van der Waals surface area contributed by atoms with E-state index in [4.69, 9.17) is 0 Å². The third-order valence-electron chi connectivity index (χ3n) is 4.19. The number of aromatic nitrogens is 3. The fraction of sp³-hybridized carbons (Fsp3) is 0.158. The molecule has 0 radical (unpaired) electrons. The Kier molecular flexibility index (Phi) is 4.88. The number of anilines is 1. The van der Waals surface area contributed by atoms with Crippen molar-refractivity contribution in [1.29, 1.82) is 0 Å². The van der Waals surface area contributed by atoms with Crippen LogP contribution in [-0.2, 0) is 27.6 Å². The lowest BCUT2D eigenvalue weighted by molar-refractivity contribution is -0.136. The summed E-state index contributed by atoms with van der Waals surface area (Å²) < 4.78 is 1.69. The van der Waals surface area contributed by atoms with Crippen LogP contribution in [0.15, 0.2) is 54.9 Å². The summed E-state index contributed by atoms with van der Waals surface area (Å²) in [5.74, 6) is 0.723. The number of para-hydroxylation sites is 1. The first-order chi connectivity index (χ1) is 13.2. The molecular formula is C19H17N5O2S. The number of thioether (sulfide) groups is 1. The predicted octanol–water partition coefficient (Wildman–Crippen LogP) is 2.27. The largest absolute Gasteiger partial charge is 0.344 e. The van der Waals surface area contributed by atoms with Gasteiger partial charge >= 0.3 is 11.8 Å². The summed E-state index contributed by atoms with van der Waals surface area (Å²) in [7, 11) is 0. The van der Waals surface area contributed by atoms with E-state index in [-0.39, 0.29) is 6.54 Å². The number of hydrogen-bond acceptors (Lipinski definition) is 5. The van der Waals surface area contributed by atoms with E-state index in [0.29, 0.717) is 5.82 Å². The molecule has 27 heavy (non-hydrogen) atoms. The SMILES string of the molecule is O=C(NCc1ccncc1)C(=O)Nc1c2c(nn1-c1ccccc1)CSC2. The van der Waals surface area contributed by atoms with E-state index < -0.39 is 11.8 Å². The minimum absolute atomic E-state index is 0.265. The summed E-state index contributed by atoms with van der Waals surface area (Å²) in [6.45, 7) is 0.265. The Morgan fingerprint density at radius 3 is 2.59 bits per heavy atom. The molecule has 3 aromatic rings. The van der Waals surface area contributed by atoms with E-state index in [1.807, 2.05) is 30.3 Å². The molecule has 3 heterocycles. The lowest BCUT2D eigenvalue weighted by atomic mass is 10.2. The van der Waals surface area contributed by atoms with E-state index in [1.165, 1.54) is 0 Å². The van der Waals surface area contributed by atoms with Crippen LogP contribution in [0, 0.1) is 0 Å². The van der Waals surface area contributed by atoms with Crippen molar-refractivity contribution in [1.82, 2.24) is 20.1 Å². The van der Waals surface area contributed by atoms with Crippen LogP contribution in [0.1, 0.15) is 16.8 Å². The van der Waals surface area contributed by atoms with Crippen molar-refractivity contribution in [3.63, 3.8) is 0 Å². The molecule has 0 spiro atoms. The maximum Gasteiger partial charge on any atom is 0.314 e. The summed E-state index contributed by atoms with van der Waals surface area (Å²) >= 11 is 1.74. The number of nitrogens with zero attached hydrogens (tertiary/aromatic N) is 3. The molecule has 8 heteroatoms. The third-order valence-corrected chi connectivity index (χ3v) is 5.16. The summed E-state index contributed by atoms with van der Waals surface area (Å²) in [4.78, 5) is 28.6. The van der Waals surface area contributed by atoms with Gasteiger partial charge in [-0.2, -0.15) is 16.9 Å². The minimum atomic E-state index is -0.708. The summed E-state index contributed by atoms with van der Waals surface area (Å²) in [5.41, 5.74) is 3.62. The quantitative estimate of drug-likeness (QED) is 0.679. The zero-order chi connectivity index (χ0) is 18.6. The van der Waals surface area contributed by atoms with Gasteiger partial charge in [0.2, 0.25) is 0 Å². The van der Waals surface area contributed by atoms with Crippen LogP contribution in [0.5, 0.6) is 0 Å². The van der Waals surface area contributed by atoms with Gasteiger partial charge in [-0.3, -0.25) is 14.6 Å². The van der Waals surface area contributed by atoms with Gasteiger partial charge in [0.15, 0.2) is 0 Å². The molecule has 2 amide bonds. The van der Waals surface area contributed by atoms with Crippen LogP contribution >= 0.6 is 11.8 Å². The number of fused-ring (bicyclic) bond motifs is 1. The second-order valence-electron chi connectivity index (χ2n) is 6.01. The number of amides is 2. The van der Waals surface area contributed by atoms with Crippen molar-refractivity contribution < 1.29 is 9.59 Å². The monoisotopic (exact) mass is 379 g/mol. The summed E-state index contributed by atoms with van der Waals surface area (Å²) in [6.07, 6.45) is 3.28. The molecular weight excluding hydrogens is 362 g/mol. The third kappa shape index (κ3) is 3.70. The molecule has 0 aliphatic carbocycles. The molecule has 1 aliphatic rings. The highest BCUT2D eigenvalue weighted by molar-refractivity contribution is 7.98. The van der Waals surface area contributed by atoms with Crippen LogP contribution in [-0.4, -0.2) is 26.6 Å². The molecule has 1 aromatic carbocycles. The normalized spacial score (nSPS) is 12.4. The number of rotatable bonds is 4. The van der Waals surface area contributed by atoms with Gasteiger partial charge in [0.05, 0.1) is 11.4 Å². The average Bonchev–Trinajstić information content (AvgIpc) is 3.30. The van der Waals surface area contributed by atoms with Crippen LogP contribution in [0.3, 0.4) is 0 Å². The molecule has 0 saturated heterocycles. The highest BCUT2D eigenvalue weighted by Gasteiger charge is 2.26. The molecule has 0 saturated carbocycles. The van der Waals surface area contributed by atoms with E-state index in [9.17, 15) is 9.59 Å². The maximum absolute atomic E-state index is 12.4. The van der Waals surface area contributed by atoms with Gasteiger partial charge in [-0.25, -0.2) is 4.68 Å². The second-order valence-corrected chi connectivity index (χ2v) is 6.99. The van der Waals surface area contributed by atoms with E-state index in [0.717, 1.165) is 34.0 Å². The second kappa shape index (κ2) is 7.63. The first-order valence-electron chi connectivity index (χ1n) is 8.44. The van der Waals surface area contributed by atoms with Gasteiger partial charge in [-0.05, 0) is 29.8 Å². The number of hydrogen-bond donors (Lipinski definition) is 2. The molecule has 136 valence electrons. The Labute approximate surface area is 160 Å². The molecule has 0 unspecified atom stereocenters. The molecule has 4 rings (SSSR count). The minimum Gasteiger partial charge on any atom is -0.344 e. The Hall–Kier alpha value is -3.13. The highest BCUT2D eigenvalue weighted by Crippen LogP contribution is 2.35. The number of benzene rings is 1. The number of carbonyl (C=O) groups excluding carboxylic acids is 2. The Bertz CT molecular complexity index is 973. The van der Waals surface area contributed by atoms with Gasteiger partial charge in [0, 0.05) is 36.0 Å². The molecule has 7 nitrogen and oxygen atoms in total. The predicted molar refractivity (Wildman–Crippen MR) is 103 cm³/mol. The molecule has 2 N–H and O–H groups in total. The molecule has 1 aliphatic heterocycles. The van der Waals surface area contributed by atoms with E-state index >= 15 is 0 Å². The fourth-order valence-electron chi connectivity index (χ4n) is 2.82. The van der Waals surface area contributed by atoms with Crippen molar-refractivity contribution >= 4 is 29.4 Å². The van der Waals surface area contributed by atoms with Crippen LogP contribution in [0.2, 0.25) is 0 Å². The molecule has 0 fully saturated rings. The van der Waals surface area contributed by atoms with Crippen LogP contribution in [0.4, 0.5) is 5.82 Å². The van der Waals surface area contributed by atoms with Gasteiger partial charge in [0.25, 0.3) is 0 Å². The number of nitrogens with one attached hydrogen (secondary N) is 2. The average molecular weight is 379 g/mol. The number of carbonyl (C=O) groups is 2. The van der Waals surface area contributed by atoms with Crippen molar-refractivity contribution in [3.05, 3.63) is 71.7 Å². The first kappa shape index (κ1) is 17.3. The molecule has 2 aromatic heterocycles. The Morgan fingerprint density at radius 2 is 1.81 bits per heavy atom. The Morgan fingerprint density at radius 1 is 1.04 bits per heavy atom. The van der Waals surface area contributed by atoms with Gasteiger partial charge in [-0.15, -0.1) is 0 Å². The van der Waals surface area contributed by atoms with Gasteiger partial charge in [0.1, 0.15) is 5.82 Å². The van der Waals surface area contributed by atoms with Crippen LogP contribution in [0.25, 0.3) is 5.69 Å². The van der Waals surface area contributed by atoms with Crippen molar-refractivity contribution in [2.24, 2.45) is 0 Å². The van der Waals surface area contributed by atoms with Crippen molar-refractivity contribution in [2.45, 2.75) is 18.1 Å². The van der Waals surface area contributed by atoms with E-state index in [2.05, 4.69) is 20.7 Å². The van der Waals surface area contributed by atoms with Gasteiger partial charge < -0.3 is 10.6 Å². The zero-order valence-electron chi connectivity index (χ0n) is 14.4. The topological polar surface area (TPSA) is 88.9 Å². The number of pyridine rings is 1. The van der Waals surface area contributed by atoms with Crippen LogP contribution < -0.4 is 10.6 Å². The zero-order valence-corrected chi connectivity index (χ0v) is 15.2. The molecule has 0 bridgehead atoms. The lowest BCUT2D eigenvalue weighted by Crippen LogP contribution is -2.35. The van der Waals surface area contributed by atoms with Crippen molar-refractivity contribution in [2.75, 3.05) is 5.32 Å². The maximum atomic E-state index is 12.4. The molecule has 0 atom stereocenters. The summed E-state index contributed by atoms with van der Waals surface area (Å²) in [5, 5.41) is 9.98. The fourth-order valence-corrected chi connectivity index (χ4v) is 3.86. The van der Waals surface area contributed by atoms with E-state index in [1.54, 1.807) is 41.0 Å². The van der Waals surface area contributed by atoms with Gasteiger partial charge in [-0.1, -0.05) is 18.2 Å². The Balaban J connectivity index is 1.52. The lowest BCUT2D eigenvalue weighted by Gasteiger charge is -2.11. The summed E-state index contributed by atoms with van der Waals surface area (Å²) in [6, 6.07) is 13.1. The first-order valence-corrected chi connectivity index (χ1v) is 9.60. The smallest absolute Gasteiger partial charge is 0.314 e. The highest BCUT2D eigenvalue weighted by atomic mass is 32.2. The standard InChI is InChI=1S/C19H17N5O2S/c25-18(21-10-13-6-8-20-9-7-13)19(26)22-17-15-11-27-12-16(15)23-24(17)14-4-2-1-3-5-14/h1-9H,10-12H2,(H,21,25)(H,22,26). The van der Waals surface area contributed by atoms with Crippen molar-refractivity contribution in [3.8, 4) is 5.69 Å².